The van der Waals surface area contributed by atoms with Crippen LogP contribution in [0.1, 0.15) is 117 Å². The molecule has 23 heavy (non-hydrogen) atoms. The second kappa shape index (κ2) is 9.74. The minimum Gasteiger partial charge on any atom is -0.512 e. The van der Waals surface area contributed by atoms with Gasteiger partial charge in [0.1, 0.15) is 0 Å². The van der Waals surface area contributed by atoms with Gasteiger partial charge in [-0.1, -0.05) is 78.1 Å². The predicted octanol–water partition coefficient (Wildman–Crippen LogP) is 7.71. The Bertz CT molecular complexity index is 366. The van der Waals surface area contributed by atoms with E-state index in [9.17, 15) is 5.11 Å². The second-order valence-electron chi connectivity index (χ2n) is 8.79. The third-order valence-corrected chi connectivity index (χ3v) is 6.41. The Morgan fingerprint density at radius 3 is 1.65 bits per heavy atom. The lowest BCUT2D eigenvalue weighted by Crippen LogP contribution is -2.21. The molecule has 0 saturated heterocycles. The van der Waals surface area contributed by atoms with E-state index < -0.39 is 0 Å². The van der Waals surface area contributed by atoms with Gasteiger partial charge in [-0.05, 0) is 49.0 Å². The Morgan fingerprint density at radius 2 is 1.17 bits per heavy atom. The first-order chi connectivity index (χ1) is 11.1. The van der Waals surface area contributed by atoms with Gasteiger partial charge < -0.3 is 5.11 Å². The molecule has 0 heterocycles. The van der Waals surface area contributed by atoms with E-state index in [0.717, 1.165) is 18.6 Å². The van der Waals surface area contributed by atoms with Gasteiger partial charge in [0.2, 0.25) is 0 Å². The first kappa shape index (κ1) is 18.9. The second-order valence-corrected chi connectivity index (χ2v) is 8.79. The van der Waals surface area contributed by atoms with Gasteiger partial charge >= 0.3 is 0 Å². The molecule has 0 radical (unpaired) electrons. The van der Waals surface area contributed by atoms with Gasteiger partial charge in [0.15, 0.2) is 0 Å². The molecule has 2 rings (SSSR count). The standard InChI is InChI=1S/C22H40O/c1-22(2)18-14-16-20(22)19-15-12-10-8-6-4-3-5-7-9-11-13-17-21(19)23/h20,23H,3-18H2,1-2H3/b21-19-. The fraction of sp³-hybridized carbons (Fsp3) is 0.909. The Morgan fingerprint density at radius 1 is 0.696 bits per heavy atom. The summed E-state index contributed by atoms with van der Waals surface area (Å²) in [5, 5.41) is 10.8. The van der Waals surface area contributed by atoms with Crippen molar-refractivity contribution in [3.05, 3.63) is 11.3 Å². The Hall–Kier alpha value is -0.460. The summed E-state index contributed by atoms with van der Waals surface area (Å²) < 4.78 is 0. The average molecular weight is 321 g/mol. The van der Waals surface area contributed by atoms with Gasteiger partial charge in [-0.25, -0.2) is 0 Å². The van der Waals surface area contributed by atoms with E-state index in [2.05, 4.69) is 13.8 Å². The molecule has 2 aliphatic rings. The summed E-state index contributed by atoms with van der Waals surface area (Å²) in [6.45, 7) is 4.83. The van der Waals surface area contributed by atoms with Crippen molar-refractivity contribution in [1.29, 1.82) is 0 Å². The largest absolute Gasteiger partial charge is 0.512 e. The minimum atomic E-state index is 0.395. The van der Waals surface area contributed by atoms with Crippen LogP contribution in [0.25, 0.3) is 0 Å². The van der Waals surface area contributed by atoms with Crippen LogP contribution in [0.3, 0.4) is 0 Å². The van der Waals surface area contributed by atoms with E-state index in [0.29, 0.717) is 11.3 Å². The molecule has 1 unspecified atom stereocenters. The highest BCUT2D eigenvalue weighted by molar-refractivity contribution is 5.16. The molecule has 0 spiro atoms. The SMILES string of the molecule is CC1(C)CCCC1/C1=C(\O)CCCCCCCCCCCCC1. The topological polar surface area (TPSA) is 20.2 Å². The molecule has 0 aliphatic heterocycles. The maximum atomic E-state index is 10.8. The Balaban J connectivity index is 2.00. The van der Waals surface area contributed by atoms with Gasteiger partial charge in [0, 0.05) is 6.42 Å². The molecule has 0 bridgehead atoms. The van der Waals surface area contributed by atoms with Gasteiger partial charge in [0.25, 0.3) is 0 Å². The zero-order valence-electron chi connectivity index (χ0n) is 15.8. The van der Waals surface area contributed by atoms with Crippen LogP contribution in [-0.2, 0) is 0 Å². The minimum absolute atomic E-state index is 0.395. The number of aliphatic hydroxyl groups is 1. The van der Waals surface area contributed by atoms with Crippen LogP contribution in [0.5, 0.6) is 0 Å². The summed E-state index contributed by atoms with van der Waals surface area (Å²) in [6, 6.07) is 0. The normalized spacial score (nSPS) is 32.2. The van der Waals surface area contributed by atoms with Crippen molar-refractivity contribution >= 4 is 0 Å². The summed E-state index contributed by atoms with van der Waals surface area (Å²) in [5.74, 6) is 1.41. The molecule has 1 nitrogen and oxygen atoms in total. The summed E-state index contributed by atoms with van der Waals surface area (Å²) in [7, 11) is 0. The van der Waals surface area contributed by atoms with Gasteiger partial charge in [-0.2, -0.15) is 0 Å². The van der Waals surface area contributed by atoms with E-state index in [1.54, 1.807) is 0 Å². The molecule has 1 atom stereocenters. The number of aliphatic hydroxyl groups excluding tert-OH is 1. The lowest BCUT2D eigenvalue weighted by Gasteiger charge is -2.30. The molecule has 1 heteroatoms. The monoisotopic (exact) mass is 320 g/mol. The van der Waals surface area contributed by atoms with Crippen molar-refractivity contribution in [2.75, 3.05) is 0 Å². The number of hydrogen-bond donors (Lipinski definition) is 1. The number of rotatable bonds is 1. The van der Waals surface area contributed by atoms with E-state index in [1.165, 1.54) is 95.5 Å². The zero-order chi connectivity index (χ0) is 16.5. The first-order valence-electron chi connectivity index (χ1n) is 10.5. The molecule has 0 aromatic heterocycles. The quantitative estimate of drug-likeness (QED) is 0.524. The van der Waals surface area contributed by atoms with Crippen LogP contribution in [0.15, 0.2) is 11.3 Å². The summed E-state index contributed by atoms with van der Waals surface area (Å²) in [5.41, 5.74) is 1.84. The van der Waals surface area contributed by atoms with E-state index in [1.807, 2.05) is 0 Å². The fourth-order valence-corrected chi connectivity index (χ4v) is 4.85. The van der Waals surface area contributed by atoms with Crippen molar-refractivity contribution in [2.24, 2.45) is 11.3 Å². The van der Waals surface area contributed by atoms with Crippen molar-refractivity contribution in [3.8, 4) is 0 Å². The summed E-state index contributed by atoms with van der Waals surface area (Å²) >= 11 is 0. The molecule has 2 aliphatic carbocycles. The molecule has 0 aromatic carbocycles. The zero-order valence-corrected chi connectivity index (χ0v) is 15.8. The molecular weight excluding hydrogens is 280 g/mol. The molecular formula is C22H40O. The van der Waals surface area contributed by atoms with Crippen molar-refractivity contribution in [1.82, 2.24) is 0 Å². The molecule has 134 valence electrons. The third-order valence-electron chi connectivity index (χ3n) is 6.41. The lowest BCUT2D eigenvalue weighted by molar-refractivity contribution is 0.269. The summed E-state index contributed by atoms with van der Waals surface area (Å²) in [4.78, 5) is 0. The Kier molecular flexibility index (Phi) is 7.99. The van der Waals surface area contributed by atoms with Gasteiger partial charge in [0.05, 0.1) is 5.76 Å². The van der Waals surface area contributed by atoms with Crippen LogP contribution in [-0.4, -0.2) is 5.11 Å². The average Bonchev–Trinajstić information content (AvgIpc) is 2.85. The molecule has 0 amide bonds. The molecule has 1 fully saturated rings. The third kappa shape index (κ3) is 6.16. The van der Waals surface area contributed by atoms with Crippen molar-refractivity contribution in [2.45, 2.75) is 117 Å². The van der Waals surface area contributed by atoms with Crippen LogP contribution in [0.2, 0.25) is 0 Å². The summed E-state index contributed by atoms with van der Waals surface area (Å²) in [6.07, 6.45) is 21.0. The maximum Gasteiger partial charge on any atom is 0.0917 e. The highest BCUT2D eigenvalue weighted by Crippen LogP contribution is 2.48. The van der Waals surface area contributed by atoms with E-state index in [-0.39, 0.29) is 0 Å². The fourth-order valence-electron chi connectivity index (χ4n) is 4.85. The van der Waals surface area contributed by atoms with Gasteiger partial charge in [-0.3, -0.25) is 0 Å². The van der Waals surface area contributed by atoms with Gasteiger partial charge in [-0.15, -0.1) is 0 Å². The van der Waals surface area contributed by atoms with Crippen LogP contribution < -0.4 is 0 Å². The number of allylic oxidation sites excluding steroid dienone is 2. The highest BCUT2D eigenvalue weighted by atomic mass is 16.3. The Labute approximate surface area is 144 Å². The van der Waals surface area contributed by atoms with Crippen LogP contribution in [0, 0.1) is 11.3 Å². The first-order valence-corrected chi connectivity index (χ1v) is 10.5. The molecule has 0 aromatic rings. The number of hydrogen-bond acceptors (Lipinski definition) is 1. The van der Waals surface area contributed by atoms with Crippen LogP contribution in [0.4, 0.5) is 0 Å². The smallest absolute Gasteiger partial charge is 0.0917 e. The predicted molar refractivity (Wildman–Crippen MR) is 101 cm³/mol. The molecule has 1 saturated carbocycles. The van der Waals surface area contributed by atoms with E-state index in [4.69, 9.17) is 0 Å². The van der Waals surface area contributed by atoms with Crippen molar-refractivity contribution in [3.63, 3.8) is 0 Å². The molecule has 1 N–H and O–H groups in total. The van der Waals surface area contributed by atoms with E-state index >= 15 is 0 Å². The maximum absolute atomic E-state index is 10.8. The van der Waals surface area contributed by atoms with Crippen molar-refractivity contribution < 1.29 is 5.11 Å². The highest BCUT2D eigenvalue weighted by Gasteiger charge is 2.37. The lowest BCUT2D eigenvalue weighted by atomic mass is 9.75. The van der Waals surface area contributed by atoms with Crippen LogP contribution >= 0.6 is 0 Å².